The molecule has 1 N–H and O–H groups in total. The molecule has 21 heavy (non-hydrogen) atoms. The Morgan fingerprint density at radius 1 is 1.10 bits per heavy atom. The molecule has 4 heteroatoms. The van der Waals surface area contributed by atoms with E-state index in [1.807, 2.05) is 50.2 Å². The van der Waals surface area contributed by atoms with Gasteiger partial charge in [0.25, 0.3) is 0 Å². The maximum Gasteiger partial charge on any atom is 0.228 e. The smallest absolute Gasteiger partial charge is 0.228 e. The average molecular weight is 348 g/mol. The number of amides is 1. The number of methoxy groups -OCH3 is 1. The van der Waals surface area contributed by atoms with E-state index in [0.29, 0.717) is 6.42 Å². The third-order valence-corrected chi connectivity index (χ3v) is 4.38. The number of hydrogen-bond acceptors (Lipinski definition) is 2. The molecule has 0 radical (unpaired) electrons. The molecule has 110 valence electrons. The maximum absolute atomic E-state index is 12.1. The fourth-order valence-corrected chi connectivity index (χ4v) is 2.48. The molecule has 3 nitrogen and oxygen atoms in total. The number of carbonyl (C=O) groups excluding carboxylic acids is 1. The highest BCUT2D eigenvalue weighted by atomic mass is 79.9. The van der Waals surface area contributed by atoms with Crippen LogP contribution < -0.4 is 10.1 Å². The zero-order valence-corrected chi connectivity index (χ0v) is 14.0. The molecule has 0 aliphatic heterocycles. The number of nitrogens with one attached hydrogen (secondary N) is 1. The lowest BCUT2D eigenvalue weighted by molar-refractivity contribution is -0.115. The second-order valence-corrected chi connectivity index (χ2v) is 5.77. The molecule has 0 spiro atoms. The van der Waals surface area contributed by atoms with E-state index in [0.717, 1.165) is 32.6 Å². The van der Waals surface area contributed by atoms with Crippen molar-refractivity contribution in [2.75, 3.05) is 12.4 Å². The van der Waals surface area contributed by atoms with E-state index in [1.165, 1.54) is 0 Å². The monoisotopic (exact) mass is 347 g/mol. The Morgan fingerprint density at radius 3 is 2.38 bits per heavy atom. The summed E-state index contributed by atoms with van der Waals surface area (Å²) < 4.78 is 6.15. The molecule has 0 heterocycles. The Balaban J connectivity index is 2.06. The SMILES string of the molecule is COc1ccc(CC(=O)Nc2ccc(Br)c(C)c2C)cc1. The third-order valence-electron chi connectivity index (χ3n) is 3.52. The quantitative estimate of drug-likeness (QED) is 0.897. The molecule has 0 atom stereocenters. The van der Waals surface area contributed by atoms with Crippen LogP contribution in [0.2, 0.25) is 0 Å². The van der Waals surface area contributed by atoms with Crippen LogP contribution in [-0.2, 0) is 11.2 Å². The minimum Gasteiger partial charge on any atom is -0.497 e. The number of benzene rings is 2. The summed E-state index contributed by atoms with van der Waals surface area (Å²) in [5.41, 5.74) is 4.03. The second kappa shape index (κ2) is 6.76. The van der Waals surface area contributed by atoms with Crippen molar-refractivity contribution in [3.05, 3.63) is 57.6 Å². The summed E-state index contributed by atoms with van der Waals surface area (Å²) in [6, 6.07) is 11.4. The van der Waals surface area contributed by atoms with Crippen LogP contribution in [0.25, 0.3) is 0 Å². The summed E-state index contributed by atoms with van der Waals surface area (Å²) in [4.78, 5) is 12.1. The number of anilines is 1. The first kappa shape index (κ1) is 15.6. The average Bonchev–Trinajstić information content (AvgIpc) is 2.49. The van der Waals surface area contributed by atoms with Gasteiger partial charge >= 0.3 is 0 Å². The molecule has 0 bridgehead atoms. The second-order valence-electron chi connectivity index (χ2n) is 4.92. The van der Waals surface area contributed by atoms with Gasteiger partial charge in [0.05, 0.1) is 13.5 Å². The topological polar surface area (TPSA) is 38.3 Å². The Bertz CT molecular complexity index is 651. The predicted octanol–water partition coefficient (Wildman–Crippen LogP) is 4.26. The van der Waals surface area contributed by atoms with Gasteiger partial charge in [-0.3, -0.25) is 4.79 Å². The zero-order valence-electron chi connectivity index (χ0n) is 12.4. The van der Waals surface area contributed by atoms with Crippen LogP contribution in [0.5, 0.6) is 5.75 Å². The van der Waals surface area contributed by atoms with E-state index in [-0.39, 0.29) is 5.91 Å². The summed E-state index contributed by atoms with van der Waals surface area (Å²) in [6.07, 6.45) is 0.346. The van der Waals surface area contributed by atoms with Crippen molar-refractivity contribution >= 4 is 27.5 Å². The first-order valence-electron chi connectivity index (χ1n) is 6.69. The van der Waals surface area contributed by atoms with Crippen LogP contribution in [0, 0.1) is 13.8 Å². The van der Waals surface area contributed by atoms with Crippen molar-refractivity contribution in [1.29, 1.82) is 0 Å². The lowest BCUT2D eigenvalue weighted by Crippen LogP contribution is -2.15. The van der Waals surface area contributed by atoms with Crippen LogP contribution in [0.4, 0.5) is 5.69 Å². The Kier molecular flexibility index (Phi) is 5.02. The standard InChI is InChI=1S/C17H18BrNO2/c1-11-12(2)16(9-8-15(11)18)19-17(20)10-13-4-6-14(21-3)7-5-13/h4-9H,10H2,1-3H3,(H,19,20). The molecule has 0 saturated heterocycles. The molecule has 2 aromatic rings. The van der Waals surface area contributed by atoms with E-state index in [4.69, 9.17) is 4.74 Å². The number of rotatable bonds is 4. The first-order chi connectivity index (χ1) is 10.0. The lowest BCUT2D eigenvalue weighted by Gasteiger charge is -2.12. The molecule has 0 aromatic heterocycles. The van der Waals surface area contributed by atoms with Crippen LogP contribution in [0.1, 0.15) is 16.7 Å². The van der Waals surface area contributed by atoms with Crippen molar-refractivity contribution in [3.63, 3.8) is 0 Å². The predicted molar refractivity (Wildman–Crippen MR) is 88.9 cm³/mol. The summed E-state index contributed by atoms with van der Waals surface area (Å²) in [7, 11) is 1.63. The van der Waals surface area contributed by atoms with Crippen molar-refractivity contribution in [3.8, 4) is 5.75 Å². The first-order valence-corrected chi connectivity index (χ1v) is 7.49. The Morgan fingerprint density at radius 2 is 1.76 bits per heavy atom. The summed E-state index contributed by atoms with van der Waals surface area (Å²) in [6.45, 7) is 4.03. The molecule has 0 aliphatic rings. The van der Waals surface area contributed by atoms with E-state index in [9.17, 15) is 4.79 Å². The Labute approximate surface area is 133 Å². The van der Waals surface area contributed by atoms with E-state index in [1.54, 1.807) is 7.11 Å². The minimum absolute atomic E-state index is 0.0232. The van der Waals surface area contributed by atoms with Gasteiger partial charge < -0.3 is 10.1 Å². The van der Waals surface area contributed by atoms with Gasteiger partial charge in [0.15, 0.2) is 0 Å². The maximum atomic E-state index is 12.1. The van der Waals surface area contributed by atoms with E-state index >= 15 is 0 Å². The molecule has 0 unspecified atom stereocenters. The molecule has 1 amide bonds. The number of halogens is 1. The number of hydrogen-bond donors (Lipinski definition) is 1. The fourth-order valence-electron chi connectivity index (χ4n) is 2.05. The largest absolute Gasteiger partial charge is 0.497 e. The lowest BCUT2D eigenvalue weighted by atomic mass is 10.1. The van der Waals surface area contributed by atoms with Gasteiger partial charge in [-0.15, -0.1) is 0 Å². The summed E-state index contributed by atoms with van der Waals surface area (Å²) in [5, 5.41) is 2.96. The van der Waals surface area contributed by atoms with Gasteiger partial charge in [0, 0.05) is 10.2 Å². The normalized spacial score (nSPS) is 10.3. The molecular weight excluding hydrogens is 330 g/mol. The third kappa shape index (κ3) is 3.85. The van der Waals surface area contributed by atoms with E-state index in [2.05, 4.69) is 21.2 Å². The van der Waals surface area contributed by atoms with Crippen LogP contribution in [0.3, 0.4) is 0 Å². The molecular formula is C17H18BrNO2. The van der Waals surface area contributed by atoms with Gasteiger partial charge in [-0.25, -0.2) is 0 Å². The van der Waals surface area contributed by atoms with Crippen molar-refractivity contribution < 1.29 is 9.53 Å². The summed E-state index contributed by atoms with van der Waals surface area (Å²) in [5.74, 6) is 0.767. The summed E-state index contributed by atoms with van der Waals surface area (Å²) >= 11 is 3.49. The molecule has 0 fully saturated rings. The molecule has 2 aromatic carbocycles. The van der Waals surface area contributed by atoms with Gasteiger partial charge in [0.2, 0.25) is 5.91 Å². The van der Waals surface area contributed by atoms with Crippen LogP contribution in [0.15, 0.2) is 40.9 Å². The number of carbonyl (C=O) groups is 1. The van der Waals surface area contributed by atoms with Crippen LogP contribution >= 0.6 is 15.9 Å². The molecule has 0 aliphatic carbocycles. The molecule has 0 saturated carbocycles. The number of ether oxygens (including phenoxy) is 1. The van der Waals surface area contributed by atoms with E-state index < -0.39 is 0 Å². The van der Waals surface area contributed by atoms with Gasteiger partial charge in [-0.2, -0.15) is 0 Å². The highest BCUT2D eigenvalue weighted by Gasteiger charge is 2.09. The molecule has 2 rings (SSSR count). The van der Waals surface area contributed by atoms with Crippen molar-refractivity contribution in [1.82, 2.24) is 0 Å². The minimum atomic E-state index is -0.0232. The zero-order chi connectivity index (χ0) is 15.4. The van der Waals surface area contributed by atoms with Gasteiger partial charge in [-0.05, 0) is 54.8 Å². The van der Waals surface area contributed by atoms with Crippen molar-refractivity contribution in [2.45, 2.75) is 20.3 Å². The van der Waals surface area contributed by atoms with Gasteiger partial charge in [0.1, 0.15) is 5.75 Å². The van der Waals surface area contributed by atoms with Crippen molar-refractivity contribution in [2.24, 2.45) is 0 Å². The van der Waals surface area contributed by atoms with Crippen LogP contribution in [-0.4, -0.2) is 13.0 Å². The fraction of sp³-hybridized carbons (Fsp3) is 0.235. The highest BCUT2D eigenvalue weighted by Crippen LogP contribution is 2.26. The Hall–Kier alpha value is -1.81. The highest BCUT2D eigenvalue weighted by molar-refractivity contribution is 9.10. The van der Waals surface area contributed by atoms with Gasteiger partial charge in [-0.1, -0.05) is 28.1 Å².